The smallest absolute Gasteiger partial charge is 0.136 e. The summed E-state index contributed by atoms with van der Waals surface area (Å²) >= 11 is 0. The molecule has 0 spiro atoms. The van der Waals surface area contributed by atoms with Crippen LogP contribution in [-0.4, -0.2) is 35.2 Å². The molecule has 4 heteroatoms. The van der Waals surface area contributed by atoms with Crippen LogP contribution in [0.1, 0.15) is 32.1 Å². The quantitative estimate of drug-likeness (QED) is 0.625. The van der Waals surface area contributed by atoms with Crippen molar-refractivity contribution in [2.75, 3.05) is 25.2 Å². The van der Waals surface area contributed by atoms with E-state index in [0.29, 0.717) is 23.9 Å². The Bertz CT molecular complexity index is 228. The highest BCUT2D eigenvalue weighted by Gasteiger charge is 2.24. The molecular formula is C11H20O3S. The van der Waals surface area contributed by atoms with Gasteiger partial charge in [0.2, 0.25) is 0 Å². The van der Waals surface area contributed by atoms with E-state index in [0.717, 1.165) is 32.1 Å². The molecule has 0 N–H and O–H groups in total. The maximum Gasteiger partial charge on any atom is 0.136 e. The lowest BCUT2D eigenvalue weighted by atomic mass is 10.1. The summed E-state index contributed by atoms with van der Waals surface area (Å²) < 4.78 is 16.4. The normalized spacial score (nSPS) is 23.3. The minimum Gasteiger partial charge on any atom is -0.385 e. The average molecular weight is 232 g/mol. The summed E-state index contributed by atoms with van der Waals surface area (Å²) in [6.07, 6.45) is 4.44. The fourth-order valence-electron chi connectivity index (χ4n) is 1.93. The second-order valence-electron chi connectivity index (χ2n) is 4.04. The van der Waals surface area contributed by atoms with Crippen LogP contribution in [0.4, 0.5) is 0 Å². The van der Waals surface area contributed by atoms with E-state index < -0.39 is 10.8 Å². The molecule has 0 aromatic rings. The van der Waals surface area contributed by atoms with Crippen molar-refractivity contribution >= 4 is 16.6 Å². The summed E-state index contributed by atoms with van der Waals surface area (Å²) in [5.74, 6) is 1.97. The zero-order valence-electron chi connectivity index (χ0n) is 9.37. The molecule has 0 heterocycles. The van der Waals surface area contributed by atoms with Crippen molar-refractivity contribution in [1.82, 2.24) is 0 Å². The minimum absolute atomic E-state index is 0.205. The Hall–Kier alpha value is -0.220. The van der Waals surface area contributed by atoms with Gasteiger partial charge in [0.25, 0.3) is 0 Å². The summed E-state index contributed by atoms with van der Waals surface area (Å²) in [5.41, 5.74) is 0. The van der Waals surface area contributed by atoms with Crippen LogP contribution in [0.15, 0.2) is 0 Å². The van der Waals surface area contributed by atoms with Crippen molar-refractivity contribution in [2.24, 2.45) is 5.92 Å². The van der Waals surface area contributed by atoms with Gasteiger partial charge in [-0.1, -0.05) is 0 Å². The van der Waals surface area contributed by atoms with Crippen molar-refractivity contribution in [3.63, 3.8) is 0 Å². The number of rotatable bonds is 7. The molecule has 1 aliphatic carbocycles. The average Bonchev–Trinajstić information content (AvgIpc) is 2.61. The second-order valence-corrected chi connectivity index (χ2v) is 5.73. The molecule has 1 rings (SSSR count). The summed E-state index contributed by atoms with van der Waals surface area (Å²) in [6.45, 7) is 0.675. The van der Waals surface area contributed by atoms with Gasteiger partial charge in [-0.15, -0.1) is 0 Å². The molecule has 1 aliphatic rings. The van der Waals surface area contributed by atoms with Crippen LogP contribution < -0.4 is 0 Å². The molecule has 3 nitrogen and oxygen atoms in total. The molecule has 2 atom stereocenters. The lowest BCUT2D eigenvalue weighted by Gasteiger charge is -2.07. The number of carbonyl (C=O) groups excluding carboxylic acids is 1. The molecule has 0 aromatic carbocycles. The molecule has 0 aromatic heterocycles. The molecule has 0 bridgehead atoms. The van der Waals surface area contributed by atoms with Gasteiger partial charge < -0.3 is 4.74 Å². The van der Waals surface area contributed by atoms with Gasteiger partial charge in [-0.25, -0.2) is 0 Å². The number of methoxy groups -OCH3 is 1. The molecule has 1 saturated carbocycles. The lowest BCUT2D eigenvalue weighted by Crippen LogP contribution is -2.12. The summed E-state index contributed by atoms with van der Waals surface area (Å²) in [5, 5.41) is 0. The highest BCUT2D eigenvalue weighted by molar-refractivity contribution is 7.84. The third-order valence-corrected chi connectivity index (χ3v) is 4.28. The number of hydrogen-bond donors (Lipinski definition) is 0. The fourth-order valence-corrected chi connectivity index (χ4v) is 3.12. The van der Waals surface area contributed by atoms with Crippen molar-refractivity contribution in [3.05, 3.63) is 0 Å². The van der Waals surface area contributed by atoms with Gasteiger partial charge in [0.05, 0.1) is 0 Å². The van der Waals surface area contributed by atoms with Crippen LogP contribution >= 0.6 is 0 Å². The van der Waals surface area contributed by atoms with Gasteiger partial charge in [-0.05, 0) is 25.7 Å². The number of Topliss-reactive ketones (excluding diaryl/α,β-unsaturated/α-hetero) is 1. The standard InChI is InChI=1S/C11H20O3S/c1-14-7-3-8-15(13)9-6-10-4-2-5-11(10)12/h10H,2-9H2,1H3. The van der Waals surface area contributed by atoms with E-state index in [-0.39, 0.29) is 5.92 Å². The number of ether oxygens (including phenoxy) is 1. The van der Waals surface area contributed by atoms with Crippen LogP contribution in [0.3, 0.4) is 0 Å². The minimum atomic E-state index is -0.765. The maximum atomic E-state index is 11.5. The van der Waals surface area contributed by atoms with E-state index in [2.05, 4.69) is 0 Å². The van der Waals surface area contributed by atoms with Gasteiger partial charge >= 0.3 is 0 Å². The molecular weight excluding hydrogens is 212 g/mol. The third kappa shape index (κ3) is 4.89. The van der Waals surface area contributed by atoms with E-state index in [9.17, 15) is 9.00 Å². The SMILES string of the molecule is COCCCS(=O)CCC1CCCC1=O. The Balaban J connectivity index is 2.08. The van der Waals surface area contributed by atoms with Crippen LogP contribution in [0.2, 0.25) is 0 Å². The highest BCUT2D eigenvalue weighted by Crippen LogP contribution is 2.24. The van der Waals surface area contributed by atoms with E-state index in [4.69, 9.17) is 4.74 Å². The molecule has 0 amide bonds. The molecule has 0 radical (unpaired) electrons. The van der Waals surface area contributed by atoms with E-state index in [1.54, 1.807) is 7.11 Å². The van der Waals surface area contributed by atoms with Crippen molar-refractivity contribution in [1.29, 1.82) is 0 Å². The number of ketones is 1. The van der Waals surface area contributed by atoms with Gasteiger partial charge in [0.15, 0.2) is 0 Å². The summed E-state index contributed by atoms with van der Waals surface area (Å²) in [7, 11) is 0.888. The Morgan fingerprint density at radius 2 is 2.27 bits per heavy atom. The predicted octanol–water partition coefficient (Wildman–Crippen LogP) is 1.53. The van der Waals surface area contributed by atoms with Crippen molar-refractivity contribution < 1.29 is 13.7 Å². The molecule has 2 unspecified atom stereocenters. The lowest BCUT2D eigenvalue weighted by molar-refractivity contribution is -0.120. The first-order chi connectivity index (χ1) is 7.24. The van der Waals surface area contributed by atoms with Crippen LogP contribution in [0.25, 0.3) is 0 Å². The molecule has 0 saturated heterocycles. The topological polar surface area (TPSA) is 43.4 Å². The zero-order chi connectivity index (χ0) is 11.1. The molecule has 15 heavy (non-hydrogen) atoms. The van der Waals surface area contributed by atoms with Gasteiger partial charge in [-0.2, -0.15) is 0 Å². The Morgan fingerprint density at radius 1 is 1.47 bits per heavy atom. The zero-order valence-corrected chi connectivity index (χ0v) is 10.2. The molecule has 88 valence electrons. The Morgan fingerprint density at radius 3 is 2.87 bits per heavy atom. The van der Waals surface area contributed by atoms with Gasteiger partial charge in [0.1, 0.15) is 5.78 Å². The third-order valence-electron chi connectivity index (χ3n) is 2.85. The predicted molar refractivity (Wildman–Crippen MR) is 61.3 cm³/mol. The van der Waals surface area contributed by atoms with Crippen LogP contribution in [0, 0.1) is 5.92 Å². The van der Waals surface area contributed by atoms with Crippen LogP contribution in [-0.2, 0) is 20.3 Å². The van der Waals surface area contributed by atoms with Crippen LogP contribution in [0.5, 0.6) is 0 Å². The first-order valence-electron chi connectivity index (χ1n) is 5.60. The molecule has 1 fully saturated rings. The fraction of sp³-hybridized carbons (Fsp3) is 0.909. The first-order valence-corrected chi connectivity index (χ1v) is 7.09. The van der Waals surface area contributed by atoms with E-state index in [1.807, 2.05) is 0 Å². The Kier molecular flexibility index (Phi) is 6.10. The largest absolute Gasteiger partial charge is 0.385 e. The van der Waals surface area contributed by atoms with Crippen molar-refractivity contribution in [3.8, 4) is 0 Å². The maximum absolute atomic E-state index is 11.5. The number of carbonyl (C=O) groups is 1. The van der Waals surface area contributed by atoms with Gasteiger partial charge in [-0.3, -0.25) is 9.00 Å². The van der Waals surface area contributed by atoms with E-state index in [1.165, 1.54) is 0 Å². The molecule has 0 aliphatic heterocycles. The Labute approximate surface area is 94.0 Å². The second kappa shape index (κ2) is 7.12. The summed E-state index contributed by atoms with van der Waals surface area (Å²) in [6, 6.07) is 0. The highest BCUT2D eigenvalue weighted by atomic mass is 32.2. The monoisotopic (exact) mass is 232 g/mol. The number of hydrogen-bond acceptors (Lipinski definition) is 3. The van der Waals surface area contributed by atoms with Gasteiger partial charge in [0, 0.05) is 48.4 Å². The van der Waals surface area contributed by atoms with E-state index >= 15 is 0 Å². The van der Waals surface area contributed by atoms with Crippen molar-refractivity contribution in [2.45, 2.75) is 32.1 Å². The first kappa shape index (κ1) is 12.8. The summed E-state index contributed by atoms with van der Waals surface area (Å²) in [4.78, 5) is 11.3.